The second-order valence-corrected chi connectivity index (χ2v) is 10.5. The SMILES string of the molecule is Cc1c(NC(=O)CSc2nc3ccc(N=Cc4ccccc4O)cc3s2)c(=O)n(-c2ccccc2)n1C. The fourth-order valence-corrected chi connectivity index (χ4v) is 5.69. The quantitative estimate of drug-likeness (QED) is 0.221. The van der Waals surface area contributed by atoms with Crippen LogP contribution in [0.1, 0.15) is 11.3 Å². The van der Waals surface area contributed by atoms with Gasteiger partial charge in [-0.25, -0.2) is 9.67 Å². The molecule has 2 N–H and O–H groups in total. The van der Waals surface area contributed by atoms with Gasteiger partial charge in [-0.3, -0.25) is 19.3 Å². The number of thiazole rings is 1. The monoisotopic (exact) mass is 529 g/mol. The van der Waals surface area contributed by atoms with Crippen molar-refractivity contribution in [3.63, 3.8) is 0 Å². The highest BCUT2D eigenvalue weighted by Gasteiger charge is 2.18. The Morgan fingerprint density at radius 3 is 2.68 bits per heavy atom. The number of aliphatic imine (C=N–C) groups is 1. The number of hydrogen-bond donors (Lipinski definition) is 2. The molecule has 0 atom stereocenters. The number of phenolic OH excluding ortho intramolecular Hbond substituents is 1. The molecule has 0 aliphatic heterocycles. The van der Waals surface area contributed by atoms with Crippen molar-refractivity contribution < 1.29 is 9.90 Å². The van der Waals surface area contributed by atoms with Crippen LogP contribution in [-0.2, 0) is 11.8 Å². The van der Waals surface area contributed by atoms with Crippen LogP contribution in [0.3, 0.4) is 0 Å². The fraction of sp³-hybridized carbons (Fsp3) is 0.111. The van der Waals surface area contributed by atoms with Crippen molar-refractivity contribution in [3.05, 3.63) is 94.4 Å². The number of rotatable bonds is 7. The highest BCUT2D eigenvalue weighted by Crippen LogP contribution is 2.32. The summed E-state index contributed by atoms with van der Waals surface area (Å²) < 4.78 is 4.95. The predicted molar refractivity (Wildman–Crippen MR) is 150 cm³/mol. The summed E-state index contributed by atoms with van der Waals surface area (Å²) >= 11 is 2.79. The molecular formula is C27H23N5O3S2. The van der Waals surface area contributed by atoms with Crippen molar-refractivity contribution in [1.29, 1.82) is 0 Å². The third-order valence-electron chi connectivity index (χ3n) is 5.79. The van der Waals surface area contributed by atoms with Crippen LogP contribution in [0.2, 0.25) is 0 Å². The molecule has 0 aliphatic carbocycles. The average Bonchev–Trinajstić information content (AvgIpc) is 3.41. The summed E-state index contributed by atoms with van der Waals surface area (Å²) in [6, 6.07) is 22.0. The molecule has 0 unspecified atom stereocenters. The average molecular weight is 530 g/mol. The van der Waals surface area contributed by atoms with E-state index in [9.17, 15) is 14.7 Å². The van der Waals surface area contributed by atoms with Crippen LogP contribution in [0, 0.1) is 6.92 Å². The molecule has 186 valence electrons. The van der Waals surface area contributed by atoms with Crippen LogP contribution in [0.4, 0.5) is 11.4 Å². The van der Waals surface area contributed by atoms with Crippen molar-refractivity contribution in [2.75, 3.05) is 11.1 Å². The maximum Gasteiger partial charge on any atom is 0.295 e. The molecule has 5 rings (SSSR count). The zero-order chi connectivity index (χ0) is 25.9. The van der Waals surface area contributed by atoms with E-state index in [-0.39, 0.29) is 28.7 Å². The number of benzene rings is 3. The first-order chi connectivity index (χ1) is 17.9. The molecule has 0 saturated heterocycles. The Bertz CT molecular complexity index is 1690. The number of phenols is 1. The standard InChI is InChI=1S/C27H23N5O3S2/c1-17-25(26(35)32(31(17)2)20-9-4-3-5-10-20)30-24(34)16-36-27-29-21-13-12-19(14-23(21)37-27)28-15-18-8-6-7-11-22(18)33/h3-15,33H,16H2,1-2H3,(H,30,34). The van der Waals surface area contributed by atoms with Gasteiger partial charge in [0.25, 0.3) is 5.56 Å². The van der Waals surface area contributed by atoms with Crippen LogP contribution in [0.25, 0.3) is 15.9 Å². The predicted octanol–water partition coefficient (Wildman–Crippen LogP) is 5.28. The van der Waals surface area contributed by atoms with Gasteiger partial charge < -0.3 is 10.4 Å². The van der Waals surface area contributed by atoms with E-state index < -0.39 is 0 Å². The van der Waals surface area contributed by atoms with E-state index in [0.717, 1.165) is 25.9 Å². The van der Waals surface area contributed by atoms with Gasteiger partial charge in [-0.15, -0.1) is 11.3 Å². The zero-order valence-electron chi connectivity index (χ0n) is 20.1. The highest BCUT2D eigenvalue weighted by molar-refractivity contribution is 8.01. The van der Waals surface area contributed by atoms with Crippen LogP contribution < -0.4 is 10.9 Å². The lowest BCUT2D eigenvalue weighted by Gasteiger charge is -2.07. The summed E-state index contributed by atoms with van der Waals surface area (Å²) in [6.45, 7) is 1.80. The first-order valence-corrected chi connectivity index (χ1v) is 13.2. The molecule has 2 heterocycles. The number of aromatic nitrogens is 3. The topological polar surface area (TPSA) is 102 Å². The van der Waals surface area contributed by atoms with Gasteiger partial charge in [-0.1, -0.05) is 42.1 Å². The van der Waals surface area contributed by atoms with Crippen molar-refractivity contribution in [3.8, 4) is 11.4 Å². The number of carbonyl (C=O) groups is 1. The lowest BCUT2D eigenvalue weighted by atomic mass is 10.2. The number of anilines is 1. The Labute approximate surface area is 220 Å². The van der Waals surface area contributed by atoms with Crippen molar-refractivity contribution >= 4 is 56.8 Å². The molecule has 8 nitrogen and oxygen atoms in total. The number of aromatic hydroxyl groups is 1. The lowest BCUT2D eigenvalue weighted by molar-refractivity contribution is -0.113. The summed E-state index contributed by atoms with van der Waals surface area (Å²) in [6.07, 6.45) is 1.62. The van der Waals surface area contributed by atoms with E-state index in [1.54, 1.807) is 43.1 Å². The van der Waals surface area contributed by atoms with Crippen molar-refractivity contribution in [2.24, 2.45) is 12.0 Å². The van der Waals surface area contributed by atoms with Crippen molar-refractivity contribution in [1.82, 2.24) is 14.3 Å². The third kappa shape index (κ3) is 5.20. The minimum Gasteiger partial charge on any atom is -0.507 e. The van der Waals surface area contributed by atoms with E-state index in [1.165, 1.54) is 27.8 Å². The molecule has 2 aromatic heterocycles. The molecule has 0 spiro atoms. The Morgan fingerprint density at radius 1 is 1.14 bits per heavy atom. The van der Waals surface area contributed by atoms with Gasteiger partial charge in [0.05, 0.1) is 33.0 Å². The van der Waals surface area contributed by atoms with Gasteiger partial charge in [-0.05, 0) is 49.4 Å². The normalized spacial score (nSPS) is 11.4. The molecule has 0 saturated carbocycles. The molecule has 3 aromatic carbocycles. The highest BCUT2D eigenvalue weighted by atomic mass is 32.2. The molecule has 1 amide bonds. The molecule has 0 bridgehead atoms. The number of amides is 1. The molecule has 0 fully saturated rings. The molecule has 5 aromatic rings. The minimum absolute atomic E-state index is 0.122. The second-order valence-electron chi connectivity index (χ2n) is 8.22. The smallest absolute Gasteiger partial charge is 0.295 e. The van der Waals surface area contributed by atoms with E-state index in [2.05, 4.69) is 15.3 Å². The van der Waals surface area contributed by atoms with E-state index in [1.807, 2.05) is 54.6 Å². The maximum absolute atomic E-state index is 13.0. The minimum atomic E-state index is -0.276. The number of fused-ring (bicyclic) bond motifs is 1. The second kappa shape index (κ2) is 10.5. The van der Waals surface area contributed by atoms with Gasteiger partial charge in [0.15, 0.2) is 4.34 Å². The Morgan fingerprint density at radius 2 is 1.89 bits per heavy atom. The Hall–Kier alpha value is -4.15. The number of thioether (sulfide) groups is 1. The number of hydrogen-bond acceptors (Lipinski definition) is 7. The number of nitrogens with one attached hydrogen (secondary N) is 1. The van der Waals surface area contributed by atoms with Gasteiger partial charge >= 0.3 is 0 Å². The maximum atomic E-state index is 13.0. The molecule has 0 aliphatic rings. The first kappa shape index (κ1) is 24.5. The van der Waals surface area contributed by atoms with E-state index >= 15 is 0 Å². The van der Waals surface area contributed by atoms with Gasteiger partial charge in [0.1, 0.15) is 11.4 Å². The van der Waals surface area contributed by atoms with Gasteiger partial charge in [-0.2, -0.15) is 0 Å². The van der Waals surface area contributed by atoms with Crippen molar-refractivity contribution in [2.45, 2.75) is 11.3 Å². The summed E-state index contributed by atoms with van der Waals surface area (Å²) in [4.78, 5) is 34.8. The number of carbonyl (C=O) groups excluding carboxylic acids is 1. The zero-order valence-corrected chi connectivity index (χ0v) is 21.7. The number of para-hydroxylation sites is 2. The fourth-order valence-electron chi connectivity index (χ4n) is 3.79. The largest absolute Gasteiger partial charge is 0.507 e. The van der Waals surface area contributed by atoms with Crippen LogP contribution in [0.5, 0.6) is 5.75 Å². The summed E-state index contributed by atoms with van der Waals surface area (Å²) in [5.41, 5.74) is 3.59. The summed E-state index contributed by atoms with van der Waals surface area (Å²) in [7, 11) is 1.79. The van der Waals surface area contributed by atoms with Crippen LogP contribution in [0.15, 0.2) is 86.9 Å². The summed E-state index contributed by atoms with van der Waals surface area (Å²) in [5.74, 6) is 0.0204. The lowest BCUT2D eigenvalue weighted by Crippen LogP contribution is -2.23. The molecule has 0 radical (unpaired) electrons. The van der Waals surface area contributed by atoms with Gasteiger partial charge in [0.2, 0.25) is 5.91 Å². The van der Waals surface area contributed by atoms with E-state index in [0.29, 0.717) is 11.3 Å². The Balaban J connectivity index is 1.27. The van der Waals surface area contributed by atoms with Crippen LogP contribution >= 0.6 is 23.1 Å². The molecule has 37 heavy (non-hydrogen) atoms. The molecule has 10 heteroatoms. The first-order valence-electron chi connectivity index (χ1n) is 11.4. The molecular weight excluding hydrogens is 506 g/mol. The Kier molecular flexibility index (Phi) is 6.93. The van der Waals surface area contributed by atoms with E-state index in [4.69, 9.17) is 0 Å². The summed E-state index contributed by atoms with van der Waals surface area (Å²) in [5, 5.41) is 12.7. The van der Waals surface area contributed by atoms with Crippen LogP contribution in [-0.4, -0.2) is 37.3 Å². The third-order valence-corrected chi connectivity index (χ3v) is 7.95. The number of nitrogens with zero attached hydrogens (tertiary/aromatic N) is 4. The van der Waals surface area contributed by atoms with Gasteiger partial charge in [0, 0.05) is 18.8 Å².